The predicted molar refractivity (Wildman–Crippen MR) is 86.2 cm³/mol. The molecule has 0 amide bonds. The second kappa shape index (κ2) is 4.74. The number of benzene rings is 3. The van der Waals surface area contributed by atoms with Crippen molar-refractivity contribution in [2.24, 2.45) is 7.05 Å². The molecule has 2 nitrogen and oxygen atoms in total. The Morgan fingerprint density at radius 3 is 2.52 bits per heavy atom. The Hall–Kier alpha value is -2.61. The molecule has 0 aliphatic carbocycles. The zero-order valence-electron chi connectivity index (χ0n) is 12.0. The lowest BCUT2D eigenvalue weighted by molar-refractivity contribution is -0.652. The van der Waals surface area contributed by atoms with Crippen molar-refractivity contribution in [3.05, 3.63) is 78.1 Å². The first-order valence-corrected chi connectivity index (χ1v) is 7.25. The van der Waals surface area contributed by atoms with E-state index in [1.165, 1.54) is 33.2 Å². The fourth-order valence-corrected chi connectivity index (χ4v) is 3.05. The van der Waals surface area contributed by atoms with Crippen molar-refractivity contribution in [3.8, 4) is 0 Å². The van der Waals surface area contributed by atoms with Gasteiger partial charge >= 0.3 is 0 Å². The van der Waals surface area contributed by atoms with Gasteiger partial charge in [0, 0.05) is 0 Å². The van der Waals surface area contributed by atoms with E-state index in [0.717, 1.165) is 6.42 Å². The van der Waals surface area contributed by atoms with E-state index in [1.54, 1.807) is 0 Å². The highest BCUT2D eigenvalue weighted by molar-refractivity contribution is 5.85. The monoisotopic (exact) mass is 273 g/mol. The Kier molecular flexibility index (Phi) is 2.74. The lowest BCUT2D eigenvalue weighted by Crippen LogP contribution is -2.31. The molecule has 0 radical (unpaired) electrons. The van der Waals surface area contributed by atoms with Crippen LogP contribution < -0.4 is 4.57 Å². The predicted octanol–water partition coefficient (Wildman–Crippen LogP) is 3.74. The summed E-state index contributed by atoms with van der Waals surface area (Å²) < 4.78 is 2.25. The fraction of sp³-hybridized carbons (Fsp3) is 0.105. The summed E-state index contributed by atoms with van der Waals surface area (Å²) in [6.07, 6.45) is 0.909. The van der Waals surface area contributed by atoms with Crippen LogP contribution in [0.4, 0.5) is 0 Å². The molecule has 1 N–H and O–H groups in total. The van der Waals surface area contributed by atoms with Gasteiger partial charge in [0.2, 0.25) is 0 Å². The maximum Gasteiger partial charge on any atom is 0.259 e. The molecule has 0 bridgehead atoms. The van der Waals surface area contributed by atoms with E-state index in [1.807, 2.05) is 0 Å². The second-order valence-corrected chi connectivity index (χ2v) is 5.46. The Labute approximate surface area is 123 Å². The van der Waals surface area contributed by atoms with Crippen LogP contribution in [0.2, 0.25) is 0 Å². The van der Waals surface area contributed by atoms with Crippen LogP contribution in [0.15, 0.2) is 66.7 Å². The van der Waals surface area contributed by atoms with Gasteiger partial charge in [-0.1, -0.05) is 54.6 Å². The number of imidazole rings is 1. The number of aromatic nitrogens is 2. The van der Waals surface area contributed by atoms with E-state index in [9.17, 15) is 0 Å². The number of rotatable bonds is 2. The minimum atomic E-state index is 0.909. The van der Waals surface area contributed by atoms with Crippen LogP contribution in [0.5, 0.6) is 0 Å². The highest BCUT2D eigenvalue weighted by atomic mass is 15.1. The fourth-order valence-electron chi connectivity index (χ4n) is 3.05. The molecule has 102 valence electrons. The summed E-state index contributed by atoms with van der Waals surface area (Å²) in [5, 5.41) is 2.63. The highest BCUT2D eigenvalue weighted by Gasteiger charge is 2.15. The summed E-state index contributed by atoms with van der Waals surface area (Å²) in [4.78, 5) is 3.54. The molecular weight excluding hydrogens is 256 g/mol. The van der Waals surface area contributed by atoms with E-state index in [0.29, 0.717) is 0 Å². The molecule has 0 saturated carbocycles. The molecule has 0 spiro atoms. The molecule has 0 fully saturated rings. The molecule has 0 aliphatic rings. The number of nitrogens with one attached hydrogen (secondary N) is 1. The number of para-hydroxylation sites is 2. The number of aromatic amines is 1. The first-order valence-electron chi connectivity index (χ1n) is 7.25. The minimum absolute atomic E-state index is 0.909. The molecule has 0 atom stereocenters. The van der Waals surface area contributed by atoms with Gasteiger partial charge in [-0.15, -0.1) is 0 Å². The third kappa shape index (κ3) is 2.00. The number of H-pyrrole nitrogens is 1. The van der Waals surface area contributed by atoms with E-state index in [-0.39, 0.29) is 0 Å². The quantitative estimate of drug-likeness (QED) is 0.537. The molecule has 0 unspecified atom stereocenters. The Morgan fingerprint density at radius 1 is 0.857 bits per heavy atom. The van der Waals surface area contributed by atoms with Gasteiger partial charge in [0.1, 0.15) is 0 Å². The summed E-state index contributed by atoms with van der Waals surface area (Å²) in [6, 6.07) is 23.5. The van der Waals surface area contributed by atoms with Crippen LogP contribution in [0, 0.1) is 0 Å². The molecule has 0 aliphatic heterocycles. The lowest BCUT2D eigenvalue weighted by Gasteiger charge is -2.04. The Balaban J connectivity index is 1.85. The van der Waals surface area contributed by atoms with Gasteiger partial charge in [0.25, 0.3) is 5.82 Å². The van der Waals surface area contributed by atoms with Gasteiger partial charge < -0.3 is 0 Å². The molecular formula is C19H17N2+. The Morgan fingerprint density at radius 2 is 1.62 bits per heavy atom. The molecule has 2 heteroatoms. The summed E-state index contributed by atoms with van der Waals surface area (Å²) >= 11 is 0. The van der Waals surface area contributed by atoms with Crippen molar-refractivity contribution in [2.45, 2.75) is 6.42 Å². The minimum Gasteiger partial charge on any atom is -0.241 e. The highest BCUT2D eigenvalue weighted by Crippen LogP contribution is 2.21. The average molecular weight is 273 g/mol. The maximum atomic E-state index is 3.54. The normalized spacial score (nSPS) is 11.3. The average Bonchev–Trinajstić information content (AvgIpc) is 2.85. The van der Waals surface area contributed by atoms with Crippen LogP contribution >= 0.6 is 0 Å². The summed E-state index contributed by atoms with van der Waals surface area (Å²) in [7, 11) is 2.12. The van der Waals surface area contributed by atoms with Crippen molar-refractivity contribution in [3.63, 3.8) is 0 Å². The zero-order valence-corrected chi connectivity index (χ0v) is 12.0. The standard InChI is InChI=1S/C19H16N2/c1-21-18-12-5-4-11-17(18)20-19(21)13-15-9-6-8-14-7-2-3-10-16(14)15/h2-12H,13H2,1H3/p+1. The van der Waals surface area contributed by atoms with Crippen molar-refractivity contribution < 1.29 is 4.57 Å². The molecule has 3 aromatic carbocycles. The van der Waals surface area contributed by atoms with Crippen molar-refractivity contribution >= 4 is 21.8 Å². The number of fused-ring (bicyclic) bond motifs is 2. The van der Waals surface area contributed by atoms with Crippen LogP contribution in [0.3, 0.4) is 0 Å². The summed E-state index contributed by atoms with van der Waals surface area (Å²) in [5.41, 5.74) is 3.79. The van der Waals surface area contributed by atoms with Gasteiger partial charge in [-0.05, 0) is 28.5 Å². The van der Waals surface area contributed by atoms with Crippen LogP contribution in [0.1, 0.15) is 11.4 Å². The third-order valence-corrected chi connectivity index (χ3v) is 4.19. The molecule has 1 aromatic heterocycles. The first kappa shape index (κ1) is 12.2. The number of hydrogen-bond donors (Lipinski definition) is 1. The van der Waals surface area contributed by atoms with Crippen molar-refractivity contribution in [1.82, 2.24) is 4.98 Å². The van der Waals surface area contributed by atoms with Crippen LogP contribution in [0.25, 0.3) is 21.8 Å². The largest absolute Gasteiger partial charge is 0.259 e. The van der Waals surface area contributed by atoms with Gasteiger partial charge in [0.15, 0.2) is 11.0 Å². The van der Waals surface area contributed by atoms with Gasteiger partial charge in [-0.25, -0.2) is 9.55 Å². The lowest BCUT2D eigenvalue weighted by atomic mass is 10.0. The first-order chi connectivity index (χ1) is 10.3. The maximum absolute atomic E-state index is 3.54. The third-order valence-electron chi connectivity index (χ3n) is 4.19. The number of nitrogens with zero attached hydrogens (tertiary/aromatic N) is 1. The zero-order chi connectivity index (χ0) is 14.2. The summed E-state index contributed by atoms with van der Waals surface area (Å²) in [6.45, 7) is 0. The molecule has 1 heterocycles. The van der Waals surface area contributed by atoms with E-state index >= 15 is 0 Å². The van der Waals surface area contributed by atoms with E-state index < -0.39 is 0 Å². The molecule has 0 saturated heterocycles. The second-order valence-electron chi connectivity index (χ2n) is 5.46. The van der Waals surface area contributed by atoms with Crippen molar-refractivity contribution in [2.75, 3.05) is 0 Å². The van der Waals surface area contributed by atoms with Gasteiger partial charge in [0.05, 0.1) is 13.5 Å². The summed E-state index contributed by atoms with van der Waals surface area (Å²) in [5.74, 6) is 1.23. The van der Waals surface area contributed by atoms with Crippen LogP contribution in [-0.2, 0) is 13.5 Å². The molecule has 4 aromatic rings. The Bertz CT molecular complexity index is 929. The molecule has 21 heavy (non-hydrogen) atoms. The smallest absolute Gasteiger partial charge is 0.241 e. The van der Waals surface area contributed by atoms with Crippen molar-refractivity contribution in [1.29, 1.82) is 0 Å². The van der Waals surface area contributed by atoms with Crippen LogP contribution in [-0.4, -0.2) is 4.98 Å². The van der Waals surface area contributed by atoms with Gasteiger partial charge in [-0.3, -0.25) is 0 Å². The number of hydrogen-bond acceptors (Lipinski definition) is 0. The SMILES string of the molecule is C[n+]1c(Cc2cccc3ccccc23)[nH]c2ccccc21. The molecule has 4 rings (SSSR count). The van der Waals surface area contributed by atoms with Gasteiger partial charge in [-0.2, -0.15) is 0 Å². The topological polar surface area (TPSA) is 19.7 Å². The van der Waals surface area contributed by atoms with E-state index in [4.69, 9.17) is 0 Å². The number of aryl methyl sites for hydroxylation is 1. The van der Waals surface area contributed by atoms with E-state index in [2.05, 4.69) is 83.3 Å².